The topological polar surface area (TPSA) is 217 Å². The molecule has 7 N–H and O–H groups in total. The molecular weight excluding hydrogens is 568 g/mol. The smallest absolute Gasteiger partial charge is 0.330 e. The second-order valence-corrected chi connectivity index (χ2v) is 9.66. The van der Waals surface area contributed by atoms with Crippen LogP contribution in [0.5, 0.6) is 28.7 Å². The number of phenolic OH excluding ortho intramolecular Hbond substituents is 4. The van der Waals surface area contributed by atoms with Crippen LogP contribution in [0.2, 0.25) is 0 Å². The lowest BCUT2D eigenvalue weighted by molar-refractivity contribution is -0.278. The number of rotatable bonds is 7. The van der Waals surface area contributed by atoms with Crippen LogP contribution in [0.1, 0.15) is 5.56 Å². The van der Waals surface area contributed by atoms with E-state index in [9.17, 15) is 45.3 Å². The quantitative estimate of drug-likeness (QED) is 0.120. The highest BCUT2D eigenvalue weighted by Crippen LogP contribution is 2.37. The van der Waals surface area contributed by atoms with Crippen molar-refractivity contribution in [2.24, 2.45) is 0 Å². The number of aromatic hydroxyl groups is 4. The minimum atomic E-state index is -1.90. The first-order valence-corrected chi connectivity index (χ1v) is 12.8. The fourth-order valence-corrected chi connectivity index (χ4v) is 4.41. The van der Waals surface area contributed by atoms with Gasteiger partial charge >= 0.3 is 5.97 Å². The fourth-order valence-electron chi connectivity index (χ4n) is 4.41. The predicted octanol–water partition coefficient (Wildman–Crippen LogP) is 1.73. The van der Waals surface area contributed by atoms with Crippen molar-refractivity contribution in [2.45, 2.75) is 30.7 Å². The largest absolute Gasteiger partial charge is 0.508 e. The van der Waals surface area contributed by atoms with Crippen molar-refractivity contribution in [1.29, 1.82) is 0 Å². The van der Waals surface area contributed by atoms with Gasteiger partial charge in [-0.05, 0) is 48.0 Å². The van der Waals surface area contributed by atoms with Crippen molar-refractivity contribution in [3.8, 4) is 40.1 Å². The number of fused-ring (bicyclic) bond motifs is 1. The first-order valence-electron chi connectivity index (χ1n) is 12.8. The summed E-state index contributed by atoms with van der Waals surface area (Å²) in [4.78, 5) is 25.8. The van der Waals surface area contributed by atoms with Gasteiger partial charge in [0.25, 0.3) is 0 Å². The Kier molecular flexibility index (Phi) is 8.23. The molecule has 0 unspecified atom stereocenters. The van der Waals surface area contributed by atoms with Gasteiger partial charge in [-0.1, -0.05) is 12.1 Å². The highest BCUT2D eigenvalue weighted by atomic mass is 16.7. The molecule has 1 aromatic heterocycles. The maximum atomic E-state index is 13.5. The summed E-state index contributed by atoms with van der Waals surface area (Å²) >= 11 is 0. The maximum Gasteiger partial charge on any atom is 0.330 e. The van der Waals surface area contributed by atoms with Gasteiger partial charge in [0.15, 0.2) is 5.76 Å². The average Bonchev–Trinajstić information content (AvgIpc) is 2.97. The van der Waals surface area contributed by atoms with Crippen LogP contribution in [0.3, 0.4) is 0 Å². The van der Waals surface area contributed by atoms with Gasteiger partial charge in [-0.25, -0.2) is 4.79 Å². The lowest BCUT2D eigenvalue weighted by Crippen LogP contribution is -2.60. The number of ether oxygens (including phenoxy) is 3. The van der Waals surface area contributed by atoms with E-state index in [1.54, 1.807) is 12.1 Å². The van der Waals surface area contributed by atoms with Crippen LogP contribution in [0.4, 0.5) is 0 Å². The van der Waals surface area contributed by atoms with Gasteiger partial charge in [0.05, 0.1) is 0 Å². The van der Waals surface area contributed by atoms with Gasteiger partial charge in [0, 0.05) is 23.8 Å². The summed E-state index contributed by atoms with van der Waals surface area (Å²) in [5.41, 5.74) is -0.328. The van der Waals surface area contributed by atoms with Gasteiger partial charge < -0.3 is 54.4 Å². The monoisotopic (exact) mass is 594 g/mol. The summed E-state index contributed by atoms with van der Waals surface area (Å²) in [6.07, 6.45) is -6.17. The number of hydrogen-bond donors (Lipinski definition) is 7. The minimum absolute atomic E-state index is 0.0495. The second kappa shape index (κ2) is 12.0. The lowest BCUT2D eigenvalue weighted by atomic mass is 9.99. The summed E-state index contributed by atoms with van der Waals surface area (Å²) in [7, 11) is 0. The summed E-state index contributed by atoms with van der Waals surface area (Å²) in [6.45, 7) is -0.583. The number of carbonyl (C=O) groups is 1. The predicted molar refractivity (Wildman–Crippen MR) is 148 cm³/mol. The second-order valence-electron chi connectivity index (χ2n) is 9.66. The van der Waals surface area contributed by atoms with E-state index in [2.05, 4.69) is 0 Å². The van der Waals surface area contributed by atoms with Gasteiger partial charge in [0.1, 0.15) is 65.0 Å². The van der Waals surface area contributed by atoms with Crippen molar-refractivity contribution < 1.29 is 59.2 Å². The van der Waals surface area contributed by atoms with E-state index in [0.29, 0.717) is 5.56 Å². The molecule has 1 saturated heterocycles. The molecule has 0 amide bonds. The minimum Gasteiger partial charge on any atom is -0.508 e. The number of aliphatic hydroxyl groups is 3. The van der Waals surface area contributed by atoms with Gasteiger partial charge in [0.2, 0.25) is 17.5 Å². The summed E-state index contributed by atoms with van der Waals surface area (Å²) in [6, 6.07) is 13.4. The molecule has 13 nitrogen and oxygen atoms in total. The van der Waals surface area contributed by atoms with Crippen molar-refractivity contribution in [3.63, 3.8) is 0 Å². The Morgan fingerprint density at radius 2 is 1.49 bits per heavy atom. The summed E-state index contributed by atoms with van der Waals surface area (Å²) in [5.74, 6) is -2.70. The SMILES string of the molecule is O=C(C=Cc1ccc(O)cc1)OC[C@H]1O[C@@H](Oc2c(-c3ccc(O)cc3)oc3cc(O)cc(O)c3c2=O)[C@H](O)[C@@H](O)[C@@H]1O. The van der Waals surface area contributed by atoms with E-state index in [1.165, 1.54) is 42.5 Å². The van der Waals surface area contributed by atoms with Crippen molar-refractivity contribution in [2.75, 3.05) is 6.61 Å². The van der Waals surface area contributed by atoms with Gasteiger partial charge in [-0.3, -0.25) is 4.79 Å². The van der Waals surface area contributed by atoms with E-state index in [0.717, 1.165) is 18.2 Å². The van der Waals surface area contributed by atoms with Crippen LogP contribution in [-0.4, -0.2) is 79.0 Å². The summed E-state index contributed by atoms with van der Waals surface area (Å²) < 4.78 is 22.2. The standard InChI is InChI=1S/C30H26O13/c31-16-6-1-14(2-7-16)3-10-22(35)40-13-21-24(36)26(38)27(39)30(42-21)43-29-25(37)23-19(34)11-18(33)12-20(23)41-28(29)15-4-8-17(32)9-5-15/h1-12,21,24,26-27,30-34,36,38-39H,13H2/t21-,24-,26+,27-,30+/m1/s1. The third-order valence-electron chi connectivity index (χ3n) is 6.64. The van der Waals surface area contributed by atoms with Crippen molar-refractivity contribution >= 4 is 23.0 Å². The first kappa shape index (κ1) is 29.4. The molecule has 0 radical (unpaired) electrons. The average molecular weight is 595 g/mol. The van der Waals surface area contributed by atoms with Crippen molar-refractivity contribution in [1.82, 2.24) is 0 Å². The molecule has 3 aromatic carbocycles. The van der Waals surface area contributed by atoms with Crippen molar-refractivity contribution in [3.05, 3.63) is 82.5 Å². The third kappa shape index (κ3) is 6.24. The fraction of sp³-hybridized carbons (Fsp3) is 0.200. The molecule has 0 aliphatic carbocycles. The van der Waals surface area contributed by atoms with E-state index in [4.69, 9.17) is 18.6 Å². The number of carbonyl (C=O) groups excluding carboxylic acids is 1. The van der Waals surface area contributed by atoms with Crippen LogP contribution in [-0.2, 0) is 14.3 Å². The molecule has 5 rings (SSSR count). The number of aliphatic hydroxyl groups excluding tert-OH is 3. The Bertz CT molecular complexity index is 1710. The molecule has 2 heterocycles. The lowest BCUT2D eigenvalue weighted by Gasteiger charge is -2.39. The van der Waals surface area contributed by atoms with Gasteiger partial charge in [-0.15, -0.1) is 0 Å². The maximum absolute atomic E-state index is 13.5. The Balaban J connectivity index is 1.42. The van der Waals surface area contributed by atoms with E-state index < -0.39 is 66.0 Å². The zero-order valence-corrected chi connectivity index (χ0v) is 22.1. The van der Waals surface area contributed by atoms with Crippen LogP contribution in [0.25, 0.3) is 28.4 Å². The molecule has 43 heavy (non-hydrogen) atoms. The Morgan fingerprint density at radius 1 is 0.837 bits per heavy atom. The Morgan fingerprint density at radius 3 is 2.16 bits per heavy atom. The first-order chi connectivity index (χ1) is 20.5. The highest BCUT2D eigenvalue weighted by molar-refractivity contribution is 5.88. The van der Waals surface area contributed by atoms with Crippen LogP contribution in [0, 0.1) is 0 Å². The normalized spacial score (nSPS) is 22.1. The zero-order valence-electron chi connectivity index (χ0n) is 22.1. The molecular formula is C30H26O13. The molecule has 0 spiro atoms. The molecule has 224 valence electrons. The van der Waals surface area contributed by atoms with E-state index >= 15 is 0 Å². The summed E-state index contributed by atoms with van der Waals surface area (Å²) in [5, 5.41) is 70.6. The molecule has 13 heteroatoms. The number of esters is 1. The number of benzene rings is 3. The van der Waals surface area contributed by atoms with Gasteiger partial charge in [-0.2, -0.15) is 0 Å². The van der Waals surface area contributed by atoms with Crippen LogP contribution in [0.15, 0.2) is 76.0 Å². The zero-order chi connectivity index (χ0) is 30.8. The van der Waals surface area contributed by atoms with Crippen LogP contribution >= 0.6 is 0 Å². The Labute approximate surface area is 242 Å². The molecule has 4 aromatic rings. The van der Waals surface area contributed by atoms with Crippen LogP contribution < -0.4 is 10.2 Å². The molecule has 5 atom stereocenters. The third-order valence-corrected chi connectivity index (χ3v) is 6.64. The Hall–Kier alpha value is -5.08. The molecule has 1 aliphatic rings. The van der Waals surface area contributed by atoms with E-state index in [1.807, 2.05) is 0 Å². The van der Waals surface area contributed by atoms with E-state index in [-0.39, 0.29) is 33.8 Å². The molecule has 1 aliphatic heterocycles. The molecule has 1 fully saturated rings. The molecule has 0 bridgehead atoms. The molecule has 0 saturated carbocycles. The number of phenols is 4. The highest BCUT2D eigenvalue weighted by Gasteiger charge is 2.46. The number of hydrogen-bond acceptors (Lipinski definition) is 13.